The second-order valence-electron chi connectivity index (χ2n) is 5.41. The number of ether oxygens (including phenoxy) is 1. The minimum Gasteiger partial charge on any atom is -0.468 e. The fourth-order valence-electron chi connectivity index (χ4n) is 1.36. The van der Waals surface area contributed by atoms with E-state index in [4.69, 9.17) is 5.26 Å². The molecule has 16 heavy (non-hydrogen) atoms. The van der Waals surface area contributed by atoms with Crippen LogP contribution in [0.15, 0.2) is 0 Å². The molecule has 0 aromatic rings. The van der Waals surface area contributed by atoms with E-state index >= 15 is 0 Å². The van der Waals surface area contributed by atoms with Gasteiger partial charge in [0.2, 0.25) is 0 Å². The maximum Gasteiger partial charge on any atom is 0.318 e. The number of nitriles is 1. The molecule has 0 saturated heterocycles. The Kier molecular flexibility index (Phi) is 4.25. The number of Topliss-reactive ketones (excluding diaryl/α,β-unsaturated/α-hetero) is 1. The van der Waals surface area contributed by atoms with Gasteiger partial charge in [0, 0.05) is 0 Å². The van der Waals surface area contributed by atoms with Crippen molar-refractivity contribution in [3.63, 3.8) is 0 Å². The normalized spacial score (nSPS) is 13.8. The van der Waals surface area contributed by atoms with E-state index in [1.807, 2.05) is 6.07 Å². The molecule has 0 aromatic carbocycles. The molecule has 0 spiro atoms. The van der Waals surface area contributed by atoms with E-state index in [2.05, 4.69) is 4.74 Å². The quantitative estimate of drug-likeness (QED) is 0.543. The van der Waals surface area contributed by atoms with Gasteiger partial charge in [0.25, 0.3) is 0 Å². The number of hydrogen-bond donors (Lipinski definition) is 0. The highest BCUT2D eigenvalue weighted by Gasteiger charge is 2.45. The van der Waals surface area contributed by atoms with Gasteiger partial charge in [0.15, 0.2) is 5.78 Å². The molecule has 0 aliphatic heterocycles. The molecule has 0 amide bonds. The molecule has 0 heterocycles. The van der Waals surface area contributed by atoms with Crippen LogP contribution in [0.1, 0.15) is 34.6 Å². The minimum atomic E-state index is -1.28. The largest absolute Gasteiger partial charge is 0.468 e. The number of carbonyl (C=O) groups excluding carboxylic acids is 2. The summed E-state index contributed by atoms with van der Waals surface area (Å²) in [6.45, 7) is 8.36. The van der Waals surface area contributed by atoms with E-state index in [-0.39, 0.29) is 0 Å². The van der Waals surface area contributed by atoms with E-state index in [1.165, 1.54) is 21.0 Å². The first-order valence-electron chi connectivity index (χ1n) is 5.11. The van der Waals surface area contributed by atoms with E-state index < -0.39 is 28.5 Å². The van der Waals surface area contributed by atoms with Gasteiger partial charge in [-0.05, 0) is 19.3 Å². The summed E-state index contributed by atoms with van der Waals surface area (Å²) in [4.78, 5) is 23.6. The summed E-state index contributed by atoms with van der Waals surface area (Å²) in [6.07, 6.45) is 0. The molecule has 4 nitrogen and oxygen atoms in total. The van der Waals surface area contributed by atoms with Crippen molar-refractivity contribution in [2.75, 3.05) is 7.11 Å². The summed E-state index contributed by atoms with van der Waals surface area (Å²) in [5, 5.41) is 9.03. The highest BCUT2D eigenvalue weighted by Crippen LogP contribution is 2.33. The lowest BCUT2D eigenvalue weighted by atomic mass is 9.71. The Hall–Kier alpha value is -1.37. The lowest BCUT2D eigenvalue weighted by Gasteiger charge is -2.29. The van der Waals surface area contributed by atoms with Crippen LogP contribution < -0.4 is 0 Å². The molecule has 0 aromatic heterocycles. The number of hydrogen-bond acceptors (Lipinski definition) is 4. The van der Waals surface area contributed by atoms with Crippen molar-refractivity contribution in [3.8, 4) is 6.07 Å². The first kappa shape index (κ1) is 14.6. The Morgan fingerprint density at radius 3 is 1.88 bits per heavy atom. The van der Waals surface area contributed by atoms with Crippen LogP contribution in [0.5, 0.6) is 0 Å². The van der Waals surface area contributed by atoms with E-state index in [0.717, 1.165) is 0 Å². The monoisotopic (exact) mass is 225 g/mol. The molecule has 90 valence electrons. The van der Waals surface area contributed by atoms with Gasteiger partial charge in [-0.15, -0.1) is 0 Å². The minimum absolute atomic E-state index is 0.394. The Bertz CT molecular complexity index is 331. The molecule has 0 fully saturated rings. The molecule has 4 heteroatoms. The number of nitrogens with zero attached hydrogens (tertiary/aromatic N) is 1. The molecular formula is C12H19NO3. The zero-order valence-electron chi connectivity index (χ0n) is 10.7. The molecule has 0 aliphatic carbocycles. The number of ketones is 1. The summed E-state index contributed by atoms with van der Waals surface area (Å²) >= 11 is 0. The van der Waals surface area contributed by atoms with E-state index in [0.29, 0.717) is 0 Å². The Morgan fingerprint density at radius 1 is 1.19 bits per heavy atom. The zero-order valence-corrected chi connectivity index (χ0v) is 10.7. The first-order valence-corrected chi connectivity index (χ1v) is 5.11. The van der Waals surface area contributed by atoms with E-state index in [9.17, 15) is 9.59 Å². The van der Waals surface area contributed by atoms with E-state index in [1.54, 1.807) is 20.8 Å². The summed E-state index contributed by atoms with van der Waals surface area (Å²) in [5.41, 5.74) is -1.76. The number of methoxy groups -OCH3 is 1. The van der Waals surface area contributed by atoms with Gasteiger partial charge in [0.05, 0.1) is 13.2 Å². The van der Waals surface area contributed by atoms with Crippen molar-refractivity contribution in [3.05, 3.63) is 0 Å². The van der Waals surface area contributed by atoms with Crippen LogP contribution in [0.4, 0.5) is 0 Å². The predicted molar refractivity (Wildman–Crippen MR) is 59.4 cm³/mol. The molecule has 0 N–H and O–H groups in total. The zero-order chi connectivity index (χ0) is 13.1. The van der Waals surface area contributed by atoms with Crippen LogP contribution >= 0.6 is 0 Å². The third-order valence-corrected chi connectivity index (χ3v) is 2.57. The number of carbonyl (C=O) groups is 2. The Balaban J connectivity index is 5.21. The third kappa shape index (κ3) is 2.82. The smallest absolute Gasteiger partial charge is 0.318 e. The molecule has 0 radical (unpaired) electrons. The molecular weight excluding hydrogens is 206 g/mol. The van der Waals surface area contributed by atoms with Crippen LogP contribution in [-0.4, -0.2) is 18.9 Å². The SMILES string of the molecule is COC(=O)C(C)(C)C(=O)C(C#N)C(C)(C)C. The maximum atomic E-state index is 12.1. The van der Waals surface area contributed by atoms with Crippen molar-refractivity contribution in [2.45, 2.75) is 34.6 Å². The Labute approximate surface area is 96.6 Å². The summed E-state index contributed by atoms with van der Waals surface area (Å²) in [5.74, 6) is -1.82. The summed E-state index contributed by atoms with van der Waals surface area (Å²) in [6, 6.07) is 1.97. The third-order valence-electron chi connectivity index (χ3n) is 2.57. The molecule has 0 bridgehead atoms. The van der Waals surface area contributed by atoms with Gasteiger partial charge in [-0.2, -0.15) is 5.26 Å². The van der Waals surface area contributed by atoms with Gasteiger partial charge in [0.1, 0.15) is 11.3 Å². The summed E-state index contributed by atoms with van der Waals surface area (Å²) < 4.78 is 4.57. The van der Waals surface area contributed by atoms with Gasteiger partial charge >= 0.3 is 5.97 Å². The molecule has 0 rings (SSSR count). The molecule has 0 aliphatic rings. The standard InChI is InChI=1S/C12H19NO3/c1-11(2,3)8(7-13)9(14)12(4,5)10(15)16-6/h8H,1-6H3. The maximum absolute atomic E-state index is 12.1. The van der Waals surface area contributed by atoms with Crippen molar-refractivity contribution in [2.24, 2.45) is 16.7 Å². The first-order chi connectivity index (χ1) is 7.08. The highest BCUT2D eigenvalue weighted by molar-refractivity contribution is 6.05. The average Bonchev–Trinajstić information content (AvgIpc) is 2.15. The molecule has 0 saturated carbocycles. The van der Waals surface area contributed by atoms with Gasteiger partial charge < -0.3 is 4.74 Å². The highest BCUT2D eigenvalue weighted by atomic mass is 16.5. The van der Waals surface area contributed by atoms with Crippen LogP contribution in [0.2, 0.25) is 0 Å². The van der Waals surface area contributed by atoms with Crippen LogP contribution in [0, 0.1) is 28.1 Å². The van der Waals surface area contributed by atoms with Gasteiger partial charge in [-0.25, -0.2) is 0 Å². The van der Waals surface area contributed by atoms with Gasteiger partial charge in [-0.3, -0.25) is 9.59 Å². The van der Waals surface area contributed by atoms with Crippen molar-refractivity contribution >= 4 is 11.8 Å². The van der Waals surface area contributed by atoms with Crippen molar-refractivity contribution < 1.29 is 14.3 Å². The lowest BCUT2D eigenvalue weighted by molar-refractivity contribution is -0.157. The fraction of sp³-hybridized carbons (Fsp3) is 0.750. The number of rotatable bonds is 3. The lowest BCUT2D eigenvalue weighted by Crippen LogP contribution is -2.42. The topological polar surface area (TPSA) is 67.2 Å². The number of esters is 1. The van der Waals surface area contributed by atoms with Crippen LogP contribution in [0.3, 0.4) is 0 Å². The average molecular weight is 225 g/mol. The fourth-order valence-corrected chi connectivity index (χ4v) is 1.36. The molecule has 1 unspecified atom stereocenters. The van der Waals surface area contributed by atoms with Gasteiger partial charge in [-0.1, -0.05) is 20.8 Å². The molecule has 1 atom stereocenters. The van der Waals surface area contributed by atoms with Crippen molar-refractivity contribution in [1.82, 2.24) is 0 Å². The van der Waals surface area contributed by atoms with Crippen molar-refractivity contribution in [1.29, 1.82) is 5.26 Å². The second kappa shape index (κ2) is 4.65. The van der Waals surface area contributed by atoms with Crippen LogP contribution in [-0.2, 0) is 14.3 Å². The van der Waals surface area contributed by atoms with Crippen LogP contribution in [0.25, 0.3) is 0 Å². The summed E-state index contributed by atoms with van der Waals surface area (Å²) in [7, 11) is 1.23. The second-order valence-corrected chi connectivity index (χ2v) is 5.41. The predicted octanol–water partition coefficient (Wildman–Crippen LogP) is 1.94. The Morgan fingerprint density at radius 2 is 1.62 bits per heavy atom.